The first kappa shape index (κ1) is 41.5. The molecule has 5 aromatic rings. The zero-order valence-corrected chi connectivity index (χ0v) is 34.8. The number of hydrogen-bond acceptors (Lipinski definition) is 11. The van der Waals surface area contributed by atoms with E-state index in [-0.39, 0.29) is 30.7 Å². The third-order valence-electron chi connectivity index (χ3n) is 11.8. The van der Waals surface area contributed by atoms with Crippen LogP contribution in [0.5, 0.6) is 5.75 Å². The molecular weight excluding hydrogens is 765 g/mol. The van der Waals surface area contributed by atoms with Crippen molar-refractivity contribution in [2.24, 2.45) is 11.1 Å². The van der Waals surface area contributed by atoms with E-state index in [1.165, 1.54) is 4.90 Å². The number of nitrogens with zero attached hydrogens (tertiary/aromatic N) is 6. The van der Waals surface area contributed by atoms with E-state index < -0.39 is 35.4 Å². The largest absolute Gasteiger partial charge is 0.507 e. The van der Waals surface area contributed by atoms with E-state index >= 15 is 0 Å². The minimum atomic E-state index is -1.47. The molecule has 7 rings (SSSR count). The summed E-state index contributed by atoms with van der Waals surface area (Å²) < 4.78 is 0. The van der Waals surface area contributed by atoms with Gasteiger partial charge in [-0.05, 0) is 72.2 Å². The number of aromatic nitrogens is 3. The Morgan fingerprint density at radius 3 is 2.25 bits per heavy atom. The van der Waals surface area contributed by atoms with Crippen molar-refractivity contribution in [3.8, 4) is 38.6 Å². The average Bonchev–Trinajstić information content (AvgIpc) is 3.88. The van der Waals surface area contributed by atoms with Crippen molar-refractivity contribution >= 4 is 34.7 Å². The summed E-state index contributed by atoms with van der Waals surface area (Å²) in [6.07, 6.45) is 2.54. The van der Waals surface area contributed by atoms with E-state index in [4.69, 9.17) is 5.73 Å². The quantitative estimate of drug-likeness (QED) is 0.131. The molecule has 59 heavy (non-hydrogen) atoms. The number of likely N-dealkylation sites (tertiary alicyclic amines) is 1. The van der Waals surface area contributed by atoms with E-state index in [0.717, 1.165) is 32.9 Å². The number of piperazine rings is 1. The summed E-state index contributed by atoms with van der Waals surface area (Å²) in [5.41, 5.74) is 12.6. The molecular formula is C45H52N8O5S. The van der Waals surface area contributed by atoms with Gasteiger partial charge >= 0.3 is 0 Å². The molecule has 0 aliphatic carbocycles. The van der Waals surface area contributed by atoms with Gasteiger partial charge in [-0.25, -0.2) is 4.98 Å². The standard InChI is InChI=1S/C45H52N8O5S/c1-29-40(59-28-47-29)32-12-10-31(11-13-32)36(27-54)45(43(46)58)18-7-19-53(45)42(57)41(44(2,3)4)49-39(56)26-51-20-22-52(23-21-51)34-16-14-30(15-17-34)33-24-37(50-48-25-33)35-8-5-6-9-38(35)55/h5-6,8-17,24-25,28,36,41,54-55H,7,18-23,26-27H2,1-4H3,(H2,46,58)(H,49,56)/t36-,41-,45?/m1/s1. The summed E-state index contributed by atoms with van der Waals surface area (Å²) in [5, 5.41) is 32.6. The molecule has 1 unspecified atom stereocenters. The molecule has 2 aliphatic rings. The number of aromatic hydroxyl groups is 1. The highest BCUT2D eigenvalue weighted by Crippen LogP contribution is 2.43. The highest BCUT2D eigenvalue weighted by atomic mass is 32.1. The van der Waals surface area contributed by atoms with Crippen LogP contribution in [0, 0.1) is 12.3 Å². The number of para-hydroxylation sites is 1. The number of nitrogens with two attached hydrogens (primary N) is 1. The number of rotatable bonds is 12. The predicted molar refractivity (Wildman–Crippen MR) is 230 cm³/mol. The normalized spacial score (nSPS) is 18.4. The van der Waals surface area contributed by atoms with Gasteiger partial charge in [0.15, 0.2) is 0 Å². The van der Waals surface area contributed by atoms with Crippen LogP contribution in [0.3, 0.4) is 0 Å². The van der Waals surface area contributed by atoms with E-state index in [9.17, 15) is 24.6 Å². The van der Waals surface area contributed by atoms with Gasteiger partial charge < -0.3 is 31.1 Å². The molecule has 5 N–H and O–H groups in total. The summed E-state index contributed by atoms with van der Waals surface area (Å²) in [6.45, 7) is 10.4. The number of carbonyl (C=O) groups is 3. The minimum Gasteiger partial charge on any atom is -0.507 e. The highest BCUT2D eigenvalue weighted by molar-refractivity contribution is 7.13. The molecule has 2 fully saturated rings. The van der Waals surface area contributed by atoms with Gasteiger partial charge in [0.05, 0.1) is 41.1 Å². The van der Waals surface area contributed by atoms with E-state index in [1.807, 2.05) is 82.3 Å². The third kappa shape index (κ3) is 8.56. The summed E-state index contributed by atoms with van der Waals surface area (Å²) in [5.74, 6) is -1.95. The first-order valence-electron chi connectivity index (χ1n) is 20.0. The minimum absolute atomic E-state index is 0.118. The van der Waals surface area contributed by atoms with Crippen molar-refractivity contribution in [3.05, 3.63) is 102 Å². The smallest absolute Gasteiger partial charge is 0.246 e. The molecule has 3 atom stereocenters. The maximum Gasteiger partial charge on any atom is 0.246 e. The lowest BCUT2D eigenvalue weighted by molar-refractivity contribution is -0.150. The lowest BCUT2D eigenvalue weighted by atomic mass is 9.75. The summed E-state index contributed by atoms with van der Waals surface area (Å²) in [7, 11) is 0. The van der Waals surface area contributed by atoms with Crippen LogP contribution < -0.4 is 16.0 Å². The average molecular weight is 817 g/mol. The molecule has 0 bridgehead atoms. The maximum atomic E-state index is 14.6. The number of hydrogen-bond donors (Lipinski definition) is 4. The Balaban J connectivity index is 0.989. The summed E-state index contributed by atoms with van der Waals surface area (Å²) in [6, 6.07) is 23.9. The Labute approximate surface area is 348 Å². The molecule has 0 spiro atoms. The molecule has 2 saturated heterocycles. The number of thiazole rings is 1. The van der Waals surface area contributed by atoms with Gasteiger partial charge in [0.25, 0.3) is 0 Å². The Morgan fingerprint density at radius 2 is 1.63 bits per heavy atom. The number of aryl methyl sites for hydroxylation is 1. The van der Waals surface area contributed by atoms with Crippen molar-refractivity contribution in [1.82, 2.24) is 30.3 Å². The van der Waals surface area contributed by atoms with Gasteiger partial charge in [-0.1, -0.05) is 69.3 Å². The Bertz CT molecular complexity index is 2280. The Hall–Kier alpha value is -5.70. The van der Waals surface area contributed by atoms with Gasteiger partial charge in [0.1, 0.15) is 17.3 Å². The first-order valence-corrected chi connectivity index (χ1v) is 20.9. The summed E-state index contributed by atoms with van der Waals surface area (Å²) in [4.78, 5) is 53.2. The van der Waals surface area contributed by atoms with E-state index in [2.05, 4.69) is 42.4 Å². The van der Waals surface area contributed by atoms with Crippen molar-refractivity contribution in [2.45, 2.75) is 58.0 Å². The number of primary amides is 1. The Kier molecular flexibility index (Phi) is 12.1. The topological polar surface area (TPSA) is 178 Å². The molecule has 308 valence electrons. The van der Waals surface area contributed by atoms with Crippen molar-refractivity contribution in [3.63, 3.8) is 0 Å². The predicted octanol–water partition coefficient (Wildman–Crippen LogP) is 5.22. The lowest BCUT2D eigenvalue weighted by Crippen LogP contribution is -2.65. The number of phenols is 1. The van der Waals surface area contributed by atoms with Crippen LogP contribution >= 0.6 is 11.3 Å². The molecule has 0 saturated carbocycles. The molecule has 14 heteroatoms. The second kappa shape index (κ2) is 17.3. The van der Waals surface area contributed by atoms with Gasteiger partial charge in [-0.2, -0.15) is 10.2 Å². The molecule has 2 aliphatic heterocycles. The second-order valence-electron chi connectivity index (χ2n) is 16.5. The van der Waals surface area contributed by atoms with Gasteiger partial charge in [-0.3, -0.25) is 19.3 Å². The number of carbonyl (C=O) groups excluding carboxylic acids is 3. The van der Waals surface area contributed by atoms with Crippen LogP contribution in [0.4, 0.5) is 5.69 Å². The number of aliphatic hydroxyl groups excluding tert-OH is 1. The zero-order chi connectivity index (χ0) is 41.9. The van der Waals surface area contributed by atoms with Gasteiger partial charge in [-0.15, -0.1) is 11.3 Å². The van der Waals surface area contributed by atoms with Crippen LogP contribution in [-0.4, -0.2) is 110 Å². The number of amides is 3. The lowest BCUT2D eigenvalue weighted by Gasteiger charge is -2.44. The fourth-order valence-electron chi connectivity index (χ4n) is 8.51. The Morgan fingerprint density at radius 1 is 0.932 bits per heavy atom. The zero-order valence-electron chi connectivity index (χ0n) is 34.0. The van der Waals surface area contributed by atoms with E-state index in [0.29, 0.717) is 55.8 Å². The molecule has 4 heterocycles. The first-order chi connectivity index (χ1) is 28.3. The number of benzene rings is 3. The van der Waals surface area contributed by atoms with Crippen molar-refractivity contribution in [2.75, 3.05) is 50.8 Å². The van der Waals surface area contributed by atoms with Gasteiger partial charge in [0.2, 0.25) is 17.7 Å². The third-order valence-corrected chi connectivity index (χ3v) is 12.7. The van der Waals surface area contributed by atoms with Crippen LogP contribution in [-0.2, 0) is 14.4 Å². The molecule has 3 amide bonds. The maximum absolute atomic E-state index is 14.6. The van der Waals surface area contributed by atoms with Crippen molar-refractivity contribution in [1.29, 1.82) is 0 Å². The highest BCUT2D eigenvalue weighted by Gasteiger charge is 2.56. The molecule has 2 aromatic heterocycles. The number of aliphatic hydroxyl groups is 1. The van der Waals surface area contributed by atoms with Gasteiger partial charge in [0, 0.05) is 55.5 Å². The van der Waals surface area contributed by atoms with E-state index in [1.54, 1.807) is 35.2 Å². The fraction of sp³-hybridized carbons (Fsp3) is 0.378. The molecule has 3 aromatic carbocycles. The van der Waals surface area contributed by atoms with Crippen LogP contribution in [0.1, 0.15) is 50.8 Å². The number of phenolic OH excluding ortho intramolecular Hbond substituents is 1. The molecule has 13 nitrogen and oxygen atoms in total. The van der Waals surface area contributed by atoms with Crippen LogP contribution in [0.2, 0.25) is 0 Å². The number of nitrogens with one attached hydrogen (secondary N) is 1. The molecule has 0 radical (unpaired) electrons. The monoisotopic (exact) mass is 816 g/mol. The van der Waals surface area contributed by atoms with Crippen LogP contribution in [0.15, 0.2) is 90.6 Å². The summed E-state index contributed by atoms with van der Waals surface area (Å²) >= 11 is 1.54. The second-order valence-corrected chi connectivity index (χ2v) is 17.4. The SMILES string of the molecule is Cc1ncsc1-c1ccc([C@@H](CO)C2(C(N)=O)CCCN2C(=O)[C@@H](NC(=O)CN2CCN(c3ccc(-c4cnnc(-c5ccccc5O)c4)cc3)CC2)C(C)(C)C)cc1. The fourth-order valence-corrected chi connectivity index (χ4v) is 9.32. The van der Waals surface area contributed by atoms with Crippen molar-refractivity contribution < 1.29 is 24.6 Å². The number of anilines is 1. The van der Waals surface area contributed by atoms with Crippen LogP contribution in [0.25, 0.3) is 32.8 Å².